The quantitative estimate of drug-likeness (QED) is 0.560. The van der Waals surface area contributed by atoms with Crippen LogP contribution in [0.15, 0.2) is 47.5 Å². The molecule has 1 fully saturated rings. The Bertz CT molecular complexity index is 1080. The van der Waals surface area contributed by atoms with Crippen LogP contribution in [0, 0.1) is 17.6 Å². The predicted octanol–water partition coefficient (Wildman–Crippen LogP) is 5.44. The molecule has 0 amide bonds. The van der Waals surface area contributed by atoms with Gasteiger partial charge in [-0.2, -0.15) is 4.39 Å². The first-order valence-corrected chi connectivity index (χ1v) is 9.55. The van der Waals surface area contributed by atoms with Crippen LogP contribution in [0.2, 0.25) is 0 Å². The van der Waals surface area contributed by atoms with E-state index in [2.05, 4.69) is 14.7 Å². The summed E-state index contributed by atoms with van der Waals surface area (Å²) >= 11 is 0. The third-order valence-corrected chi connectivity index (χ3v) is 5.41. The van der Waals surface area contributed by atoms with Gasteiger partial charge in [-0.25, -0.2) is 13.2 Å². The van der Waals surface area contributed by atoms with Crippen LogP contribution in [-0.2, 0) is 0 Å². The van der Waals surface area contributed by atoms with Crippen LogP contribution < -0.4 is 10.2 Å². The third-order valence-electron chi connectivity index (χ3n) is 5.41. The highest BCUT2D eigenvalue weighted by Gasteiger charge is 2.42. The summed E-state index contributed by atoms with van der Waals surface area (Å²) in [5.74, 6) is -5.14. The summed E-state index contributed by atoms with van der Waals surface area (Å²) in [6.45, 7) is 1.58. The lowest BCUT2D eigenvalue weighted by molar-refractivity contribution is -0.0832. The van der Waals surface area contributed by atoms with Crippen molar-refractivity contribution in [3.8, 4) is 5.75 Å². The molecule has 2 heterocycles. The lowest BCUT2D eigenvalue weighted by Gasteiger charge is -2.33. The number of halogens is 4. The van der Waals surface area contributed by atoms with E-state index in [-0.39, 0.29) is 23.5 Å². The molecule has 2 aromatic heterocycles. The van der Waals surface area contributed by atoms with E-state index in [9.17, 15) is 22.4 Å². The van der Waals surface area contributed by atoms with Crippen molar-refractivity contribution >= 4 is 10.9 Å². The number of nitrogens with zero attached hydrogens (tertiary/aromatic N) is 1. The highest BCUT2D eigenvalue weighted by molar-refractivity contribution is 5.77. The van der Waals surface area contributed by atoms with E-state index in [4.69, 9.17) is 0 Å². The highest BCUT2D eigenvalue weighted by atomic mass is 19.3. The maximum Gasteiger partial charge on any atom is 0.250 e. The number of aromatic amines is 1. The Labute approximate surface area is 170 Å². The minimum absolute atomic E-state index is 0.00473. The average Bonchev–Trinajstić information content (AvgIpc) is 2.72. The van der Waals surface area contributed by atoms with Gasteiger partial charge in [-0.15, -0.1) is 0 Å². The Morgan fingerprint density at radius 2 is 2.00 bits per heavy atom. The molecule has 0 saturated heterocycles. The largest absolute Gasteiger partial charge is 0.494 e. The van der Waals surface area contributed by atoms with Crippen LogP contribution in [0.1, 0.15) is 37.8 Å². The molecule has 1 N–H and O–H groups in total. The maximum atomic E-state index is 13.5. The number of ether oxygens (including phenoxy) is 1. The summed E-state index contributed by atoms with van der Waals surface area (Å²) in [4.78, 5) is 19.2. The molecule has 4 rings (SSSR count). The molecule has 1 aromatic carbocycles. The fourth-order valence-corrected chi connectivity index (χ4v) is 3.58. The zero-order valence-electron chi connectivity index (χ0n) is 16.6. The van der Waals surface area contributed by atoms with Crippen LogP contribution in [0.5, 0.6) is 5.75 Å². The Morgan fingerprint density at radius 3 is 2.67 bits per heavy atom. The number of hydrogen-bond donors (Lipinski definition) is 1. The zero-order chi connectivity index (χ0) is 21.9. The number of H-pyrrole nitrogens is 1. The fourth-order valence-electron chi connectivity index (χ4n) is 3.58. The van der Waals surface area contributed by atoms with Gasteiger partial charge in [0.2, 0.25) is 5.82 Å². The summed E-state index contributed by atoms with van der Waals surface area (Å²) in [7, 11) is 1.29. The van der Waals surface area contributed by atoms with E-state index in [1.54, 1.807) is 19.2 Å². The number of benzene rings is 1. The minimum Gasteiger partial charge on any atom is -0.494 e. The van der Waals surface area contributed by atoms with Crippen molar-refractivity contribution in [2.45, 2.75) is 38.0 Å². The summed E-state index contributed by atoms with van der Waals surface area (Å²) in [6, 6.07) is 7.06. The SMILES string of the molecule is CC1CC(c2cc(=O)c3cnccc3[nH]2)CCC1(F)F.COc1cccc(F)c1F. The lowest BCUT2D eigenvalue weighted by Crippen LogP contribution is -2.33. The average molecular weight is 422 g/mol. The van der Waals surface area contributed by atoms with Gasteiger partial charge in [0.15, 0.2) is 17.0 Å². The molecule has 2 unspecified atom stereocenters. The summed E-state index contributed by atoms with van der Waals surface area (Å²) in [5, 5.41) is 0.533. The molecule has 0 radical (unpaired) electrons. The number of hydrogen-bond acceptors (Lipinski definition) is 3. The van der Waals surface area contributed by atoms with Crippen molar-refractivity contribution in [1.29, 1.82) is 0 Å². The van der Waals surface area contributed by atoms with Gasteiger partial charge in [0.05, 0.1) is 18.0 Å². The number of fused-ring (bicyclic) bond motifs is 1. The van der Waals surface area contributed by atoms with Gasteiger partial charge in [-0.3, -0.25) is 9.78 Å². The normalized spacial score (nSPS) is 20.3. The Morgan fingerprint density at radius 1 is 1.23 bits per heavy atom. The molecule has 1 aliphatic rings. The molecule has 30 heavy (non-hydrogen) atoms. The summed E-state index contributed by atoms with van der Waals surface area (Å²) in [5.41, 5.74) is 1.37. The Hall–Kier alpha value is -2.90. The molecule has 0 spiro atoms. The topological polar surface area (TPSA) is 55.0 Å². The highest BCUT2D eigenvalue weighted by Crippen LogP contribution is 2.44. The lowest BCUT2D eigenvalue weighted by atomic mass is 9.78. The molecule has 4 nitrogen and oxygen atoms in total. The van der Waals surface area contributed by atoms with E-state index in [1.807, 2.05) is 0 Å². The van der Waals surface area contributed by atoms with Crippen molar-refractivity contribution < 1.29 is 22.3 Å². The van der Waals surface area contributed by atoms with Crippen molar-refractivity contribution in [2.24, 2.45) is 5.92 Å². The van der Waals surface area contributed by atoms with E-state index < -0.39 is 23.5 Å². The van der Waals surface area contributed by atoms with Crippen LogP contribution in [-0.4, -0.2) is 23.0 Å². The molecule has 1 saturated carbocycles. The molecule has 1 aliphatic carbocycles. The number of rotatable bonds is 2. The number of aromatic nitrogens is 2. The number of methoxy groups -OCH3 is 1. The van der Waals surface area contributed by atoms with Gasteiger partial charge < -0.3 is 9.72 Å². The first-order chi connectivity index (χ1) is 14.2. The monoisotopic (exact) mass is 422 g/mol. The van der Waals surface area contributed by atoms with Gasteiger partial charge in [0.1, 0.15) is 0 Å². The van der Waals surface area contributed by atoms with Gasteiger partial charge >= 0.3 is 0 Å². The number of pyridine rings is 2. The van der Waals surface area contributed by atoms with Gasteiger partial charge in [0, 0.05) is 36.5 Å². The van der Waals surface area contributed by atoms with Crippen LogP contribution in [0.3, 0.4) is 0 Å². The van der Waals surface area contributed by atoms with E-state index in [1.165, 1.54) is 31.5 Å². The molecule has 0 bridgehead atoms. The second kappa shape index (κ2) is 8.85. The molecule has 8 heteroatoms. The number of alkyl halides is 2. The molecule has 160 valence electrons. The van der Waals surface area contributed by atoms with Gasteiger partial charge in [0.25, 0.3) is 5.92 Å². The van der Waals surface area contributed by atoms with Crippen molar-refractivity contribution in [3.05, 3.63) is 70.3 Å². The first-order valence-electron chi connectivity index (χ1n) is 9.55. The van der Waals surface area contributed by atoms with Crippen LogP contribution in [0.4, 0.5) is 17.6 Å². The van der Waals surface area contributed by atoms with Crippen LogP contribution in [0.25, 0.3) is 10.9 Å². The first kappa shape index (κ1) is 21.8. The third kappa shape index (κ3) is 4.63. The van der Waals surface area contributed by atoms with E-state index >= 15 is 0 Å². The van der Waals surface area contributed by atoms with Crippen molar-refractivity contribution in [3.63, 3.8) is 0 Å². The molecule has 2 atom stereocenters. The number of nitrogens with one attached hydrogen (secondary N) is 1. The summed E-state index contributed by atoms with van der Waals surface area (Å²) < 4.78 is 56.4. The van der Waals surface area contributed by atoms with Gasteiger partial charge in [-0.1, -0.05) is 13.0 Å². The fraction of sp³-hybridized carbons (Fsp3) is 0.364. The smallest absolute Gasteiger partial charge is 0.250 e. The molecule has 0 aliphatic heterocycles. The Kier molecular flexibility index (Phi) is 6.43. The Balaban J connectivity index is 0.000000216. The van der Waals surface area contributed by atoms with E-state index in [0.29, 0.717) is 23.7 Å². The zero-order valence-corrected chi connectivity index (χ0v) is 16.6. The van der Waals surface area contributed by atoms with Crippen molar-refractivity contribution in [2.75, 3.05) is 7.11 Å². The second-order valence-electron chi connectivity index (χ2n) is 7.40. The van der Waals surface area contributed by atoms with Crippen molar-refractivity contribution in [1.82, 2.24) is 9.97 Å². The standard InChI is InChI=1S/C15H16F2N2O.C7H6F2O/c1-9-6-10(2-4-15(9,16)17)13-7-14(20)11-8-18-5-3-12(11)19-13;1-10-6-4-2-3-5(8)7(6)9/h3,5,7-10H,2,4,6H2,1H3,(H,19,20);2-4H,1H3. The molecule has 3 aromatic rings. The van der Waals surface area contributed by atoms with Crippen LogP contribution >= 0.6 is 0 Å². The summed E-state index contributed by atoms with van der Waals surface area (Å²) in [6.07, 6.45) is 3.83. The maximum absolute atomic E-state index is 13.5. The predicted molar refractivity (Wildman–Crippen MR) is 106 cm³/mol. The molecular formula is C22H22F4N2O2. The molecular weight excluding hydrogens is 400 g/mol. The second-order valence-corrected chi connectivity index (χ2v) is 7.40. The van der Waals surface area contributed by atoms with Gasteiger partial charge in [-0.05, 0) is 37.0 Å². The minimum atomic E-state index is -2.59. The van der Waals surface area contributed by atoms with E-state index in [0.717, 1.165) is 11.8 Å².